The maximum atomic E-state index is 12.3. The molecule has 1 aromatic rings. The van der Waals surface area contributed by atoms with Crippen LogP contribution in [-0.4, -0.2) is 21.1 Å². The average Bonchev–Trinajstić information content (AvgIpc) is 2.42. The number of hydrogen-bond donors (Lipinski definition) is 2. The lowest BCUT2D eigenvalue weighted by molar-refractivity contribution is -0.113. The molecule has 1 amide bonds. The van der Waals surface area contributed by atoms with Crippen LogP contribution in [0.5, 0.6) is 0 Å². The third-order valence-electron chi connectivity index (χ3n) is 3.82. The number of amides is 1. The van der Waals surface area contributed by atoms with Gasteiger partial charge >= 0.3 is 0 Å². The summed E-state index contributed by atoms with van der Waals surface area (Å²) in [6, 6.07) is 4.89. The fourth-order valence-electron chi connectivity index (χ4n) is 2.70. The summed E-state index contributed by atoms with van der Waals surface area (Å²) in [5.74, 6) is 0.364. The number of nitrogens with two attached hydrogens (primary N) is 1. The largest absolute Gasteiger partial charge is 0.397 e. The fraction of sp³-hybridized carbons (Fsp3) is 0.533. The molecule has 1 aliphatic rings. The molecular formula is C15H21ClN2O2S. The number of carbonyl (C=O) groups is 1. The fourth-order valence-corrected chi connectivity index (χ4v) is 4.42. The van der Waals surface area contributed by atoms with Gasteiger partial charge in [-0.2, -0.15) is 0 Å². The van der Waals surface area contributed by atoms with Crippen molar-refractivity contribution in [1.29, 1.82) is 0 Å². The molecule has 3 atom stereocenters. The molecule has 1 saturated carbocycles. The van der Waals surface area contributed by atoms with E-state index in [1.54, 1.807) is 18.2 Å². The molecule has 1 aliphatic carbocycles. The molecule has 0 saturated heterocycles. The highest BCUT2D eigenvalue weighted by Gasteiger charge is 2.25. The summed E-state index contributed by atoms with van der Waals surface area (Å²) in [5.41, 5.74) is 6.71. The van der Waals surface area contributed by atoms with Crippen LogP contribution in [0.25, 0.3) is 0 Å². The molecule has 0 bridgehead atoms. The van der Waals surface area contributed by atoms with Gasteiger partial charge in [0.1, 0.15) is 5.75 Å². The van der Waals surface area contributed by atoms with Gasteiger partial charge in [-0.25, -0.2) is 0 Å². The van der Waals surface area contributed by atoms with Gasteiger partial charge in [0.25, 0.3) is 0 Å². The quantitative estimate of drug-likeness (QED) is 0.834. The lowest BCUT2D eigenvalue weighted by Gasteiger charge is -2.25. The van der Waals surface area contributed by atoms with Gasteiger partial charge in [0.05, 0.1) is 11.4 Å². The van der Waals surface area contributed by atoms with Crippen molar-refractivity contribution in [2.24, 2.45) is 5.92 Å². The molecular weight excluding hydrogens is 308 g/mol. The van der Waals surface area contributed by atoms with Crippen molar-refractivity contribution in [2.75, 3.05) is 16.8 Å². The molecule has 21 heavy (non-hydrogen) atoms. The smallest absolute Gasteiger partial charge is 0.237 e. The molecule has 2 rings (SSSR count). The minimum atomic E-state index is -1.12. The van der Waals surface area contributed by atoms with Crippen LogP contribution in [0.15, 0.2) is 18.2 Å². The highest BCUT2D eigenvalue weighted by atomic mass is 35.5. The van der Waals surface area contributed by atoms with Gasteiger partial charge in [-0.3, -0.25) is 9.00 Å². The van der Waals surface area contributed by atoms with Crippen molar-refractivity contribution in [2.45, 2.75) is 37.9 Å². The van der Waals surface area contributed by atoms with E-state index in [9.17, 15) is 9.00 Å². The zero-order chi connectivity index (χ0) is 15.4. The number of rotatable bonds is 4. The minimum Gasteiger partial charge on any atom is -0.397 e. The Morgan fingerprint density at radius 1 is 1.48 bits per heavy atom. The van der Waals surface area contributed by atoms with E-state index in [0.29, 0.717) is 22.3 Å². The maximum Gasteiger partial charge on any atom is 0.237 e. The first-order valence-corrected chi connectivity index (χ1v) is 8.93. The number of halogens is 1. The van der Waals surface area contributed by atoms with Crippen molar-refractivity contribution in [3.63, 3.8) is 0 Å². The van der Waals surface area contributed by atoms with E-state index >= 15 is 0 Å². The second-order valence-corrected chi connectivity index (χ2v) is 7.85. The first-order valence-electron chi connectivity index (χ1n) is 7.17. The normalized spacial score (nSPS) is 23.5. The number of anilines is 2. The first-order chi connectivity index (χ1) is 9.95. The second-order valence-electron chi connectivity index (χ2n) is 5.70. The van der Waals surface area contributed by atoms with Gasteiger partial charge in [0.2, 0.25) is 5.91 Å². The zero-order valence-electron chi connectivity index (χ0n) is 12.1. The van der Waals surface area contributed by atoms with Crippen LogP contribution < -0.4 is 11.1 Å². The Morgan fingerprint density at radius 3 is 2.90 bits per heavy atom. The maximum absolute atomic E-state index is 12.3. The third kappa shape index (κ3) is 4.71. The number of carbonyl (C=O) groups excluding carboxylic acids is 1. The minimum absolute atomic E-state index is 0.0272. The Kier molecular flexibility index (Phi) is 5.65. The van der Waals surface area contributed by atoms with Gasteiger partial charge in [-0.1, -0.05) is 31.4 Å². The van der Waals surface area contributed by atoms with Crippen molar-refractivity contribution < 1.29 is 9.00 Å². The highest BCUT2D eigenvalue weighted by molar-refractivity contribution is 7.86. The molecule has 1 fully saturated rings. The summed E-state index contributed by atoms with van der Waals surface area (Å²) in [6.45, 7) is 2.18. The summed E-state index contributed by atoms with van der Waals surface area (Å²) in [7, 11) is -1.12. The van der Waals surface area contributed by atoms with Crippen LogP contribution in [-0.2, 0) is 15.6 Å². The summed E-state index contributed by atoms with van der Waals surface area (Å²) in [4.78, 5) is 12.0. The molecule has 116 valence electrons. The Balaban J connectivity index is 1.90. The van der Waals surface area contributed by atoms with Gasteiger partial charge in [0, 0.05) is 21.1 Å². The molecule has 0 aliphatic heterocycles. The van der Waals surface area contributed by atoms with E-state index in [1.807, 2.05) is 0 Å². The molecule has 3 unspecified atom stereocenters. The third-order valence-corrected chi connectivity index (χ3v) is 5.77. The molecule has 4 nitrogen and oxygen atoms in total. The molecule has 1 aromatic carbocycles. The molecule has 0 aromatic heterocycles. The van der Waals surface area contributed by atoms with Gasteiger partial charge in [-0.15, -0.1) is 0 Å². The predicted molar refractivity (Wildman–Crippen MR) is 88.9 cm³/mol. The zero-order valence-corrected chi connectivity index (χ0v) is 13.7. The van der Waals surface area contributed by atoms with Gasteiger partial charge in [0.15, 0.2) is 0 Å². The van der Waals surface area contributed by atoms with Crippen molar-refractivity contribution in [3.8, 4) is 0 Å². The predicted octanol–water partition coefficient (Wildman–Crippen LogP) is 3.19. The van der Waals surface area contributed by atoms with Crippen molar-refractivity contribution in [3.05, 3.63) is 23.2 Å². The van der Waals surface area contributed by atoms with Crippen LogP contribution in [0.4, 0.5) is 11.4 Å². The van der Waals surface area contributed by atoms with E-state index in [-0.39, 0.29) is 16.9 Å². The standard InChI is InChI=1S/C15H21ClN2O2S/c1-10-3-2-4-12(7-10)21(20)9-15(19)18-14-6-5-11(16)8-13(14)17/h5-6,8,10,12H,2-4,7,9,17H2,1H3,(H,18,19). The molecule has 0 radical (unpaired) electrons. The number of nitrogen functional groups attached to an aromatic ring is 1. The molecule has 0 spiro atoms. The Morgan fingerprint density at radius 2 is 2.24 bits per heavy atom. The average molecular weight is 329 g/mol. The Bertz CT molecular complexity index is 550. The van der Waals surface area contributed by atoms with Crippen molar-refractivity contribution >= 4 is 39.7 Å². The summed E-state index contributed by atoms with van der Waals surface area (Å²) < 4.78 is 12.3. The van der Waals surface area contributed by atoms with Crippen molar-refractivity contribution in [1.82, 2.24) is 0 Å². The van der Waals surface area contributed by atoms with E-state index < -0.39 is 10.8 Å². The SMILES string of the molecule is CC1CCCC(S(=O)CC(=O)Nc2ccc(Cl)cc2N)C1. The van der Waals surface area contributed by atoms with E-state index in [0.717, 1.165) is 19.3 Å². The Hall–Kier alpha value is -1.07. The lowest BCUT2D eigenvalue weighted by Crippen LogP contribution is -2.29. The monoisotopic (exact) mass is 328 g/mol. The van der Waals surface area contributed by atoms with Gasteiger partial charge < -0.3 is 11.1 Å². The summed E-state index contributed by atoms with van der Waals surface area (Å²) in [6.07, 6.45) is 4.20. The lowest BCUT2D eigenvalue weighted by atomic mass is 9.91. The number of hydrogen-bond acceptors (Lipinski definition) is 3. The van der Waals surface area contributed by atoms with Crippen LogP contribution in [0.1, 0.15) is 32.6 Å². The van der Waals surface area contributed by atoms with E-state index in [2.05, 4.69) is 12.2 Å². The second kappa shape index (κ2) is 7.27. The number of benzene rings is 1. The summed E-state index contributed by atoms with van der Waals surface area (Å²) >= 11 is 5.81. The highest BCUT2D eigenvalue weighted by Crippen LogP contribution is 2.27. The van der Waals surface area contributed by atoms with Gasteiger partial charge in [-0.05, 0) is 37.0 Å². The molecule has 3 N–H and O–H groups in total. The van der Waals surface area contributed by atoms with E-state index in [4.69, 9.17) is 17.3 Å². The first kappa shape index (κ1) is 16.3. The van der Waals surface area contributed by atoms with E-state index in [1.165, 1.54) is 6.42 Å². The number of nitrogens with one attached hydrogen (secondary N) is 1. The summed E-state index contributed by atoms with van der Waals surface area (Å²) in [5, 5.41) is 3.36. The van der Waals surface area contributed by atoms with Crippen LogP contribution in [0.3, 0.4) is 0 Å². The Labute approximate surface area is 132 Å². The van der Waals surface area contributed by atoms with Crippen LogP contribution >= 0.6 is 11.6 Å². The van der Waals surface area contributed by atoms with Crippen LogP contribution in [0.2, 0.25) is 5.02 Å². The topological polar surface area (TPSA) is 72.2 Å². The van der Waals surface area contributed by atoms with Crippen LogP contribution in [0, 0.1) is 5.92 Å². The molecule has 0 heterocycles. The molecule has 6 heteroatoms.